The number of aromatic nitrogens is 3. The topological polar surface area (TPSA) is 42.8 Å². The molecule has 0 atom stereocenters. The average Bonchev–Trinajstić information content (AvgIpc) is 2.43. The van der Waals surface area contributed by atoms with Gasteiger partial charge in [-0.2, -0.15) is 5.10 Å². The highest BCUT2D eigenvalue weighted by molar-refractivity contribution is 7.71. The van der Waals surface area contributed by atoms with E-state index in [-0.39, 0.29) is 0 Å². The molecule has 0 saturated heterocycles. The molecule has 1 heterocycles. The van der Waals surface area contributed by atoms with Crippen LogP contribution >= 0.6 is 12.2 Å². The monoisotopic (exact) mass is 201 g/mol. The normalized spacial score (nSPS) is 10.6. The highest BCUT2D eigenvalue weighted by atomic mass is 32.1. The van der Waals surface area contributed by atoms with Crippen LogP contribution in [0.2, 0.25) is 0 Å². The van der Waals surface area contributed by atoms with Crippen LogP contribution in [-0.4, -0.2) is 28.0 Å². The molecular formula is C8H15N3OS. The van der Waals surface area contributed by atoms with Crippen LogP contribution in [0.25, 0.3) is 0 Å². The Morgan fingerprint density at radius 1 is 1.54 bits per heavy atom. The molecule has 0 fully saturated rings. The first kappa shape index (κ1) is 10.4. The van der Waals surface area contributed by atoms with Crippen LogP contribution in [0, 0.1) is 4.77 Å². The Bertz CT molecular complexity index is 305. The summed E-state index contributed by atoms with van der Waals surface area (Å²) in [4.78, 5) is 0. The standard InChI is InChI=1S/C8H15N3OS/c1-3-5-12-6-4-7-9-10-8(13)11(7)2/h3-6H2,1-2H3,(H,10,13). The van der Waals surface area contributed by atoms with Gasteiger partial charge in [-0.1, -0.05) is 6.92 Å². The molecule has 0 unspecified atom stereocenters. The van der Waals surface area contributed by atoms with Crippen molar-refractivity contribution in [3.63, 3.8) is 0 Å². The molecule has 1 N–H and O–H groups in total. The molecule has 4 nitrogen and oxygen atoms in total. The SMILES string of the molecule is CCCOCCc1n[nH]c(=S)n1C. The van der Waals surface area contributed by atoms with Gasteiger partial charge in [-0.3, -0.25) is 5.10 Å². The summed E-state index contributed by atoms with van der Waals surface area (Å²) in [6.45, 7) is 3.62. The Labute approximate surface area is 82.9 Å². The lowest BCUT2D eigenvalue weighted by Gasteiger charge is -2.01. The minimum Gasteiger partial charge on any atom is -0.381 e. The number of hydrogen-bond acceptors (Lipinski definition) is 3. The number of nitrogens with one attached hydrogen (secondary N) is 1. The van der Waals surface area contributed by atoms with Crippen molar-refractivity contribution in [3.05, 3.63) is 10.6 Å². The lowest BCUT2D eigenvalue weighted by atomic mass is 10.4. The maximum absolute atomic E-state index is 5.35. The minimum atomic E-state index is 0.658. The molecule has 0 spiro atoms. The van der Waals surface area contributed by atoms with Crippen LogP contribution in [0.15, 0.2) is 0 Å². The van der Waals surface area contributed by atoms with Gasteiger partial charge >= 0.3 is 0 Å². The predicted molar refractivity (Wildman–Crippen MR) is 53.2 cm³/mol. The van der Waals surface area contributed by atoms with E-state index in [0.29, 0.717) is 11.4 Å². The van der Waals surface area contributed by atoms with Gasteiger partial charge in [-0.15, -0.1) is 0 Å². The predicted octanol–water partition coefficient (Wildman–Crippen LogP) is 1.45. The smallest absolute Gasteiger partial charge is 0.194 e. The van der Waals surface area contributed by atoms with Crippen molar-refractivity contribution >= 4 is 12.2 Å². The van der Waals surface area contributed by atoms with Crippen LogP contribution in [0.5, 0.6) is 0 Å². The molecule has 5 heteroatoms. The summed E-state index contributed by atoms with van der Waals surface area (Å²) >= 11 is 4.98. The highest BCUT2D eigenvalue weighted by Crippen LogP contribution is 1.96. The zero-order valence-corrected chi connectivity index (χ0v) is 8.86. The van der Waals surface area contributed by atoms with Crippen molar-refractivity contribution in [2.24, 2.45) is 7.05 Å². The van der Waals surface area contributed by atoms with Crippen molar-refractivity contribution in [1.29, 1.82) is 0 Å². The molecule has 1 rings (SSSR count). The Morgan fingerprint density at radius 3 is 2.85 bits per heavy atom. The first-order valence-electron chi connectivity index (χ1n) is 4.43. The third-order valence-corrected chi connectivity index (χ3v) is 2.16. The summed E-state index contributed by atoms with van der Waals surface area (Å²) < 4.78 is 7.87. The van der Waals surface area contributed by atoms with Crippen LogP contribution in [0.1, 0.15) is 19.2 Å². The van der Waals surface area contributed by atoms with Gasteiger partial charge < -0.3 is 9.30 Å². The lowest BCUT2D eigenvalue weighted by molar-refractivity contribution is 0.136. The summed E-state index contributed by atoms with van der Waals surface area (Å²) in [6.07, 6.45) is 1.86. The highest BCUT2D eigenvalue weighted by Gasteiger charge is 2.00. The van der Waals surface area contributed by atoms with Gasteiger partial charge in [0, 0.05) is 20.1 Å². The zero-order chi connectivity index (χ0) is 9.68. The minimum absolute atomic E-state index is 0.658. The second kappa shape index (κ2) is 5.14. The van der Waals surface area contributed by atoms with E-state index in [1.54, 1.807) is 0 Å². The van der Waals surface area contributed by atoms with Crippen molar-refractivity contribution in [1.82, 2.24) is 14.8 Å². The summed E-state index contributed by atoms with van der Waals surface area (Å²) in [6, 6.07) is 0. The van der Waals surface area contributed by atoms with Gasteiger partial charge in [0.1, 0.15) is 5.82 Å². The Balaban J connectivity index is 2.37. The van der Waals surface area contributed by atoms with E-state index in [1.165, 1.54) is 0 Å². The van der Waals surface area contributed by atoms with E-state index >= 15 is 0 Å². The molecule has 0 aromatic carbocycles. The molecule has 0 aliphatic carbocycles. The van der Waals surface area contributed by atoms with Gasteiger partial charge in [0.2, 0.25) is 0 Å². The first-order valence-corrected chi connectivity index (χ1v) is 4.84. The molecule has 0 saturated carbocycles. The number of aromatic amines is 1. The molecule has 74 valence electrons. The second-order valence-electron chi connectivity index (χ2n) is 2.87. The van der Waals surface area contributed by atoms with Crippen molar-refractivity contribution in [2.45, 2.75) is 19.8 Å². The second-order valence-corrected chi connectivity index (χ2v) is 3.25. The summed E-state index contributed by atoms with van der Waals surface area (Å²) in [5.74, 6) is 0.945. The number of hydrogen-bond donors (Lipinski definition) is 1. The number of rotatable bonds is 5. The van der Waals surface area contributed by atoms with Crippen molar-refractivity contribution in [3.8, 4) is 0 Å². The third kappa shape index (κ3) is 2.93. The van der Waals surface area contributed by atoms with Gasteiger partial charge in [0.15, 0.2) is 4.77 Å². The van der Waals surface area contributed by atoms with E-state index in [9.17, 15) is 0 Å². The van der Waals surface area contributed by atoms with E-state index in [0.717, 1.165) is 25.3 Å². The quantitative estimate of drug-likeness (QED) is 0.579. The number of nitrogens with zero attached hydrogens (tertiary/aromatic N) is 2. The van der Waals surface area contributed by atoms with E-state index < -0.39 is 0 Å². The molecule has 0 bridgehead atoms. The van der Waals surface area contributed by atoms with Gasteiger partial charge in [-0.05, 0) is 18.6 Å². The molecule has 0 aliphatic heterocycles. The van der Waals surface area contributed by atoms with Crippen molar-refractivity contribution in [2.75, 3.05) is 13.2 Å². The van der Waals surface area contributed by atoms with Crippen LogP contribution in [-0.2, 0) is 18.2 Å². The fraction of sp³-hybridized carbons (Fsp3) is 0.750. The van der Waals surface area contributed by atoms with E-state index in [4.69, 9.17) is 17.0 Å². The molecule has 1 aromatic rings. The summed E-state index contributed by atoms with van der Waals surface area (Å²) in [5.41, 5.74) is 0. The molecule has 0 aliphatic rings. The lowest BCUT2D eigenvalue weighted by Crippen LogP contribution is -2.04. The Hall–Kier alpha value is -0.680. The third-order valence-electron chi connectivity index (χ3n) is 1.79. The maximum atomic E-state index is 5.35. The Kier molecular flexibility index (Phi) is 4.11. The zero-order valence-electron chi connectivity index (χ0n) is 8.04. The summed E-state index contributed by atoms with van der Waals surface area (Å²) in [7, 11) is 1.90. The van der Waals surface area contributed by atoms with E-state index in [1.807, 2.05) is 11.6 Å². The van der Waals surface area contributed by atoms with E-state index in [2.05, 4.69) is 17.1 Å². The van der Waals surface area contributed by atoms with Crippen molar-refractivity contribution < 1.29 is 4.74 Å². The molecule has 0 amide bonds. The van der Waals surface area contributed by atoms with Gasteiger partial charge in [-0.25, -0.2) is 0 Å². The molecular weight excluding hydrogens is 186 g/mol. The number of ether oxygens (including phenoxy) is 1. The molecule has 1 aromatic heterocycles. The van der Waals surface area contributed by atoms with Gasteiger partial charge in [0.25, 0.3) is 0 Å². The summed E-state index contributed by atoms with van der Waals surface area (Å²) in [5, 5.41) is 6.82. The maximum Gasteiger partial charge on any atom is 0.194 e. The fourth-order valence-corrected chi connectivity index (χ4v) is 1.16. The average molecular weight is 201 g/mol. The van der Waals surface area contributed by atoms with Crippen LogP contribution in [0.4, 0.5) is 0 Å². The number of H-pyrrole nitrogens is 1. The van der Waals surface area contributed by atoms with Gasteiger partial charge in [0.05, 0.1) is 6.61 Å². The molecule has 0 radical (unpaired) electrons. The Morgan fingerprint density at radius 2 is 2.31 bits per heavy atom. The first-order chi connectivity index (χ1) is 6.25. The fourth-order valence-electron chi connectivity index (χ4n) is 1.01. The largest absolute Gasteiger partial charge is 0.381 e. The van der Waals surface area contributed by atoms with Crippen LogP contribution < -0.4 is 0 Å². The van der Waals surface area contributed by atoms with Crippen LogP contribution in [0.3, 0.4) is 0 Å². The molecule has 13 heavy (non-hydrogen) atoms.